The third-order valence-electron chi connectivity index (χ3n) is 4.61. The third-order valence-corrected chi connectivity index (χ3v) is 4.61. The normalized spacial score (nSPS) is 12.5. The van der Waals surface area contributed by atoms with Gasteiger partial charge in [0, 0.05) is 18.7 Å². The van der Waals surface area contributed by atoms with Gasteiger partial charge in [-0.1, -0.05) is 26.0 Å². The van der Waals surface area contributed by atoms with Crippen LogP contribution in [0.5, 0.6) is 5.75 Å². The molecule has 8 heteroatoms. The number of methoxy groups -OCH3 is 1. The van der Waals surface area contributed by atoms with Gasteiger partial charge in [0.05, 0.1) is 25.9 Å². The molecule has 0 spiro atoms. The van der Waals surface area contributed by atoms with E-state index in [2.05, 4.69) is 42.6 Å². The summed E-state index contributed by atoms with van der Waals surface area (Å²) in [5.74, 6) is 2.52. The smallest absolute Gasteiger partial charge is 0.228 e. The summed E-state index contributed by atoms with van der Waals surface area (Å²) >= 11 is 0. The van der Waals surface area contributed by atoms with Gasteiger partial charge in [0.15, 0.2) is 5.65 Å². The summed E-state index contributed by atoms with van der Waals surface area (Å²) in [6.07, 6.45) is 1.87. The number of rotatable bonds is 9. The van der Waals surface area contributed by atoms with E-state index in [9.17, 15) is 0 Å². The zero-order chi connectivity index (χ0) is 20.1. The van der Waals surface area contributed by atoms with Gasteiger partial charge in [0.2, 0.25) is 5.95 Å². The molecule has 0 aliphatic rings. The Morgan fingerprint density at radius 1 is 1.21 bits per heavy atom. The van der Waals surface area contributed by atoms with Crippen molar-refractivity contribution in [3.05, 3.63) is 47.4 Å². The van der Waals surface area contributed by atoms with Gasteiger partial charge in [-0.2, -0.15) is 14.6 Å². The molecule has 3 aromatic rings. The summed E-state index contributed by atoms with van der Waals surface area (Å²) in [7, 11) is 1.67. The first-order valence-electron chi connectivity index (χ1n) is 9.59. The number of fused-ring (bicyclic) bond motifs is 1. The fourth-order valence-electron chi connectivity index (χ4n) is 3.01. The minimum Gasteiger partial charge on any atom is -0.497 e. The fourth-order valence-corrected chi connectivity index (χ4v) is 3.01. The van der Waals surface area contributed by atoms with Crippen LogP contribution in [0.3, 0.4) is 0 Å². The molecule has 0 aliphatic heterocycles. The van der Waals surface area contributed by atoms with Crippen LogP contribution in [0.1, 0.15) is 49.7 Å². The first kappa shape index (κ1) is 20.0. The SMILES string of the molecule is COc1cccc(C(C)Nc2nc(CNCCN)nc3c(C(C)C)cnn23)c1. The Balaban J connectivity index is 1.95. The molecule has 3 rings (SSSR count). The first-order valence-corrected chi connectivity index (χ1v) is 9.59. The molecule has 8 nitrogen and oxygen atoms in total. The molecular formula is C20H29N7O. The van der Waals surface area contributed by atoms with Crippen molar-refractivity contribution in [2.45, 2.75) is 39.3 Å². The molecule has 1 unspecified atom stereocenters. The van der Waals surface area contributed by atoms with Crippen molar-refractivity contribution in [3.8, 4) is 5.75 Å². The van der Waals surface area contributed by atoms with Crippen LogP contribution in [0.25, 0.3) is 5.65 Å². The van der Waals surface area contributed by atoms with E-state index in [1.807, 2.05) is 24.4 Å². The van der Waals surface area contributed by atoms with E-state index in [0.29, 0.717) is 37.3 Å². The van der Waals surface area contributed by atoms with Crippen LogP contribution >= 0.6 is 0 Å². The van der Waals surface area contributed by atoms with Crippen LogP contribution in [0.4, 0.5) is 5.95 Å². The molecule has 0 aliphatic carbocycles. The highest BCUT2D eigenvalue weighted by Gasteiger charge is 2.17. The van der Waals surface area contributed by atoms with Crippen LogP contribution in [0.2, 0.25) is 0 Å². The maximum absolute atomic E-state index is 5.57. The van der Waals surface area contributed by atoms with Gasteiger partial charge in [0.1, 0.15) is 11.6 Å². The molecule has 4 N–H and O–H groups in total. The highest BCUT2D eigenvalue weighted by Crippen LogP contribution is 2.25. The summed E-state index contributed by atoms with van der Waals surface area (Å²) in [6.45, 7) is 8.20. The average Bonchev–Trinajstić information content (AvgIpc) is 3.13. The molecule has 1 atom stereocenters. The maximum Gasteiger partial charge on any atom is 0.228 e. The van der Waals surface area contributed by atoms with Crippen molar-refractivity contribution >= 4 is 11.6 Å². The van der Waals surface area contributed by atoms with E-state index in [0.717, 1.165) is 22.5 Å². The van der Waals surface area contributed by atoms with E-state index >= 15 is 0 Å². The summed E-state index contributed by atoms with van der Waals surface area (Å²) in [4.78, 5) is 9.42. The number of nitrogens with zero attached hydrogens (tertiary/aromatic N) is 4. The molecule has 0 radical (unpaired) electrons. The van der Waals surface area contributed by atoms with E-state index in [4.69, 9.17) is 20.4 Å². The van der Waals surface area contributed by atoms with Crippen LogP contribution in [-0.2, 0) is 6.54 Å². The van der Waals surface area contributed by atoms with Gasteiger partial charge in [-0.05, 0) is 30.5 Å². The number of ether oxygens (including phenoxy) is 1. The van der Waals surface area contributed by atoms with E-state index < -0.39 is 0 Å². The first-order chi connectivity index (χ1) is 13.5. The Labute approximate surface area is 165 Å². The summed E-state index contributed by atoms with van der Waals surface area (Å²) in [6, 6.07) is 8.01. The van der Waals surface area contributed by atoms with Gasteiger partial charge >= 0.3 is 0 Å². The molecule has 0 saturated heterocycles. The second kappa shape index (κ2) is 8.99. The molecular weight excluding hydrogens is 354 g/mol. The quantitative estimate of drug-likeness (QED) is 0.488. The molecule has 0 amide bonds. The van der Waals surface area contributed by atoms with Crippen molar-refractivity contribution in [1.82, 2.24) is 24.9 Å². The minimum atomic E-state index is 0.0183. The van der Waals surface area contributed by atoms with Crippen LogP contribution in [0.15, 0.2) is 30.5 Å². The lowest BCUT2D eigenvalue weighted by molar-refractivity contribution is 0.414. The molecule has 0 bridgehead atoms. The minimum absolute atomic E-state index is 0.0183. The van der Waals surface area contributed by atoms with Gasteiger partial charge in [-0.25, -0.2) is 4.98 Å². The number of aromatic nitrogens is 4. The van der Waals surface area contributed by atoms with Gasteiger partial charge in [0.25, 0.3) is 0 Å². The predicted molar refractivity (Wildman–Crippen MR) is 111 cm³/mol. The average molecular weight is 384 g/mol. The maximum atomic E-state index is 5.57. The summed E-state index contributed by atoms with van der Waals surface area (Å²) in [5, 5.41) is 11.3. The van der Waals surface area contributed by atoms with Crippen molar-refractivity contribution in [2.75, 3.05) is 25.5 Å². The van der Waals surface area contributed by atoms with Gasteiger partial charge in [-0.15, -0.1) is 0 Å². The summed E-state index contributed by atoms with van der Waals surface area (Å²) < 4.78 is 7.12. The van der Waals surface area contributed by atoms with Gasteiger partial charge in [-0.3, -0.25) is 0 Å². The Kier molecular flexibility index (Phi) is 6.43. The predicted octanol–water partition coefficient (Wildman–Crippen LogP) is 2.48. The zero-order valence-corrected chi connectivity index (χ0v) is 16.9. The largest absolute Gasteiger partial charge is 0.497 e. The van der Waals surface area contributed by atoms with E-state index in [1.165, 1.54) is 0 Å². The van der Waals surface area contributed by atoms with Crippen molar-refractivity contribution in [3.63, 3.8) is 0 Å². The molecule has 1 aromatic carbocycles. The monoisotopic (exact) mass is 383 g/mol. The highest BCUT2D eigenvalue weighted by atomic mass is 16.5. The van der Waals surface area contributed by atoms with E-state index in [-0.39, 0.29) is 6.04 Å². The van der Waals surface area contributed by atoms with Crippen molar-refractivity contribution < 1.29 is 4.74 Å². The molecule has 0 saturated carbocycles. The van der Waals surface area contributed by atoms with Gasteiger partial charge < -0.3 is 21.1 Å². The number of benzene rings is 1. The molecule has 28 heavy (non-hydrogen) atoms. The Bertz CT molecular complexity index is 922. The number of nitrogens with two attached hydrogens (primary N) is 1. The Morgan fingerprint density at radius 2 is 2.04 bits per heavy atom. The lowest BCUT2D eigenvalue weighted by Crippen LogP contribution is -2.24. The Hall–Kier alpha value is -2.71. The number of hydrogen-bond donors (Lipinski definition) is 3. The van der Waals surface area contributed by atoms with E-state index in [1.54, 1.807) is 11.6 Å². The second-order valence-electron chi connectivity index (χ2n) is 7.06. The lowest BCUT2D eigenvalue weighted by atomic mass is 10.1. The van der Waals surface area contributed by atoms with Crippen LogP contribution < -0.4 is 21.1 Å². The van der Waals surface area contributed by atoms with Crippen molar-refractivity contribution in [1.29, 1.82) is 0 Å². The second-order valence-corrected chi connectivity index (χ2v) is 7.06. The number of hydrogen-bond acceptors (Lipinski definition) is 7. The molecule has 2 aromatic heterocycles. The standard InChI is InChI=1S/C20H29N7O/c1-13(2)17-11-23-27-19(17)25-18(12-22-9-8-21)26-20(27)24-14(3)15-6-5-7-16(10-15)28-4/h5-7,10-11,13-14,22H,8-9,12,21H2,1-4H3,(H,24,25,26). The zero-order valence-electron chi connectivity index (χ0n) is 16.9. The van der Waals surface area contributed by atoms with Crippen LogP contribution in [0, 0.1) is 0 Å². The number of nitrogens with one attached hydrogen (secondary N) is 2. The molecule has 150 valence electrons. The Morgan fingerprint density at radius 3 is 2.75 bits per heavy atom. The molecule has 2 heterocycles. The lowest BCUT2D eigenvalue weighted by Gasteiger charge is -2.17. The third kappa shape index (κ3) is 4.40. The van der Waals surface area contributed by atoms with Crippen molar-refractivity contribution in [2.24, 2.45) is 5.73 Å². The summed E-state index contributed by atoms with van der Waals surface area (Å²) in [5.41, 5.74) is 8.60. The highest BCUT2D eigenvalue weighted by molar-refractivity contribution is 5.52. The molecule has 0 fully saturated rings. The number of anilines is 1. The van der Waals surface area contributed by atoms with Crippen LogP contribution in [-0.4, -0.2) is 39.8 Å². The fraction of sp³-hybridized carbons (Fsp3) is 0.450. The topological polar surface area (TPSA) is 102 Å².